The molecule has 22 heavy (non-hydrogen) atoms. The predicted molar refractivity (Wildman–Crippen MR) is 89.3 cm³/mol. The fourth-order valence-corrected chi connectivity index (χ4v) is 3.40. The average molecular weight is 302 g/mol. The number of benzene rings is 1. The molecule has 0 radical (unpaired) electrons. The summed E-state index contributed by atoms with van der Waals surface area (Å²) in [6.45, 7) is 9.08. The molecule has 2 fully saturated rings. The van der Waals surface area contributed by atoms with E-state index in [1.807, 2.05) is 0 Å². The lowest BCUT2D eigenvalue weighted by Gasteiger charge is -2.34. The van der Waals surface area contributed by atoms with Crippen LogP contribution in [0.1, 0.15) is 25.3 Å². The summed E-state index contributed by atoms with van der Waals surface area (Å²) in [6, 6.07) is 8.92. The van der Waals surface area contributed by atoms with Crippen LogP contribution in [0.4, 0.5) is 5.69 Å². The first kappa shape index (κ1) is 15.3. The molecule has 1 atom stereocenters. The Bertz CT molecular complexity index is 519. The van der Waals surface area contributed by atoms with Crippen LogP contribution in [0.2, 0.25) is 0 Å². The molecule has 1 aliphatic heterocycles. The Balaban J connectivity index is 1.45. The van der Waals surface area contributed by atoms with E-state index in [0.29, 0.717) is 12.6 Å². The summed E-state index contributed by atoms with van der Waals surface area (Å²) >= 11 is 0. The monoisotopic (exact) mass is 302 g/mol. The molecule has 1 saturated carbocycles. The van der Waals surface area contributed by atoms with Crippen LogP contribution in [-0.2, 0) is 4.79 Å². The quantitative estimate of drug-likeness (QED) is 0.836. The van der Waals surface area contributed by atoms with Gasteiger partial charge in [0.25, 0.3) is 5.91 Å². The molecule has 0 unspecified atom stereocenters. The molecular formula is C18H28N3O+. The van der Waals surface area contributed by atoms with Gasteiger partial charge in [0.1, 0.15) is 0 Å². The second-order valence-corrected chi connectivity index (χ2v) is 6.89. The molecule has 2 N–H and O–H groups in total. The third-order valence-corrected chi connectivity index (χ3v) is 5.06. The van der Waals surface area contributed by atoms with Crippen molar-refractivity contribution in [1.29, 1.82) is 0 Å². The molecular weight excluding hydrogens is 274 g/mol. The average Bonchev–Trinajstić information content (AvgIpc) is 3.33. The SMILES string of the molecule is Cc1ccccc1N1CC[NH+](CC(=O)N[C@H](C)C2CC2)CC1. The highest BCUT2D eigenvalue weighted by molar-refractivity contribution is 5.77. The number of anilines is 1. The van der Waals surface area contributed by atoms with Crippen molar-refractivity contribution < 1.29 is 9.69 Å². The Morgan fingerprint density at radius 1 is 1.32 bits per heavy atom. The molecule has 1 aromatic carbocycles. The summed E-state index contributed by atoms with van der Waals surface area (Å²) in [6.07, 6.45) is 2.56. The van der Waals surface area contributed by atoms with Crippen LogP contribution in [0.15, 0.2) is 24.3 Å². The smallest absolute Gasteiger partial charge is 0.275 e. The van der Waals surface area contributed by atoms with Gasteiger partial charge in [-0.25, -0.2) is 0 Å². The number of nitrogens with zero attached hydrogens (tertiary/aromatic N) is 1. The zero-order valence-corrected chi connectivity index (χ0v) is 13.8. The molecule has 120 valence electrons. The van der Waals surface area contributed by atoms with Gasteiger partial charge in [-0.05, 0) is 44.2 Å². The summed E-state index contributed by atoms with van der Waals surface area (Å²) in [5.74, 6) is 0.954. The van der Waals surface area contributed by atoms with Crippen LogP contribution < -0.4 is 15.1 Å². The number of quaternary nitrogens is 1. The molecule has 2 aliphatic rings. The van der Waals surface area contributed by atoms with Crippen LogP contribution in [0, 0.1) is 12.8 Å². The minimum absolute atomic E-state index is 0.221. The van der Waals surface area contributed by atoms with E-state index in [4.69, 9.17) is 0 Å². The topological polar surface area (TPSA) is 36.8 Å². The molecule has 1 amide bonds. The number of piperazine rings is 1. The van der Waals surface area contributed by atoms with Crippen molar-refractivity contribution in [3.05, 3.63) is 29.8 Å². The van der Waals surface area contributed by atoms with Crippen LogP contribution in [0.3, 0.4) is 0 Å². The van der Waals surface area contributed by atoms with Gasteiger partial charge in [0.2, 0.25) is 0 Å². The fourth-order valence-electron chi connectivity index (χ4n) is 3.40. The largest absolute Gasteiger partial charge is 0.360 e. The van der Waals surface area contributed by atoms with Gasteiger partial charge in [-0.3, -0.25) is 4.79 Å². The number of hydrogen-bond donors (Lipinski definition) is 2. The molecule has 1 heterocycles. The summed E-state index contributed by atoms with van der Waals surface area (Å²) < 4.78 is 0. The highest BCUT2D eigenvalue weighted by Gasteiger charge is 2.30. The Morgan fingerprint density at radius 2 is 2.00 bits per heavy atom. The lowest BCUT2D eigenvalue weighted by Crippen LogP contribution is -3.16. The maximum absolute atomic E-state index is 12.1. The third-order valence-electron chi connectivity index (χ3n) is 5.06. The lowest BCUT2D eigenvalue weighted by atomic mass is 10.1. The van der Waals surface area contributed by atoms with Crippen molar-refractivity contribution in [2.45, 2.75) is 32.7 Å². The molecule has 4 nitrogen and oxygen atoms in total. The van der Waals surface area contributed by atoms with E-state index in [-0.39, 0.29) is 5.91 Å². The van der Waals surface area contributed by atoms with E-state index >= 15 is 0 Å². The predicted octanol–water partition coefficient (Wildman–Crippen LogP) is 0.615. The van der Waals surface area contributed by atoms with Crippen molar-refractivity contribution >= 4 is 11.6 Å². The van der Waals surface area contributed by atoms with Gasteiger partial charge in [-0.2, -0.15) is 0 Å². The van der Waals surface area contributed by atoms with Crippen molar-refractivity contribution in [3.8, 4) is 0 Å². The molecule has 0 spiro atoms. The highest BCUT2D eigenvalue weighted by atomic mass is 16.2. The van der Waals surface area contributed by atoms with E-state index in [1.54, 1.807) is 0 Å². The minimum Gasteiger partial charge on any atom is -0.360 e. The Hall–Kier alpha value is -1.55. The summed E-state index contributed by atoms with van der Waals surface area (Å²) in [7, 11) is 0. The number of nitrogens with one attached hydrogen (secondary N) is 2. The summed E-state index contributed by atoms with van der Waals surface area (Å²) in [5, 5.41) is 3.17. The first-order valence-electron chi connectivity index (χ1n) is 8.57. The van der Waals surface area contributed by atoms with Crippen LogP contribution in [-0.4, -0.2) is 44.7 Å². The van der Waals surface area contributed by atoms with E-state index in [2.05, 4.69) is 48.3 Å². The summed E-state index contributed by atoms with van der Waals surface area (Å²) in [4.78, 5) is 16.0. The molecule has 0 aromatic heterocycles. The minimum atomic E-state index is 0.221. The number of carbonyl (C=O) groups is 1. The fraction of sp³-hybridized carbons (Fsp3) is 0.611. The van der Waals surface area contributed by atoms with Crippen molar-refractivity contribution in [2.75, 3.05) is 37.6 Å². The molecule has 3 rings (SSSR count). The van der Waals surface area contributed by atoms with Gasteiger partial charge >= 0.3 is 0 Å². The standard InChI is InChI=1S/C18H27N3O/c1-14-5-3-4-6-17(14)21-11-9-20(10-12-21)13-18(22)19-15(2)16-7-8-16/h3-6,15-16H,7-13H2,1-2H3,(H,19,22)/p+1/t15-/m1/s1. The Kier molecular flexibility index (Phi) is 4.67. The third kappa shape index (κ3) is 3.80. The number of hydrogen-bond acceptors (Lipinski definition) is 2. The van der Waals surface area contributed by atoms with Gasteiger partial charge in [0.15, 0.2) is 6.54 Å². The first-order chi connectivity index (χ1) is 10.6. The van der Waals surface area contributed by atoms with Crippen LogP contribution in [0.25, 0.3) is 0 Å². The van der Waals surface area contributed by atoms with E-state index in [9.17, 15) is 4.79 Å². The maximum atomic E-state index is 12.1. The zero-order chi connectivity index (χ0) is 15.5. The second kappa shape index (κ2) is 6.69. The molecule has 1 aromatic rings. The molecule has 1 saturated heterocycles. The molecule has 0 bridgehead atoms. The van der Waals surface area contributed by atoms with Gasteiger partial charge in [0.05, 0.1) is 26.2 Å². The lowest BCUT2D eigenvalue weighted by molar-refractivity contribution is -0.892. The van der Waals surface area contributed by atoms with Gasteiger partial charge in [0, 0.05) is 11.7 Å². The number of para-hydroxylation sites is 1. The van der Waals surface area contributed by atoms with Crippen molar-refractivity contribution in [3.63, 3.8) is 0 Å². The van der Waals surface area contributed by atoms with E-state index in [1.165, 1.54) is 29.0 Å². The van der Waals surface area contributed by atoms with Gasteiger partial charge in [-0.15, -0.1) is 0 Å². The molecule has 4 heteroatoms. The van der Waals surface area contributed by atoms with E-state index < -0.39 is 0 Å². The summed E-state index contributed by atoms with van der Waals surface area (Å²) in [5.41, 5.74) is 2.68. The Labute approximate surface area is 133 Å². The maximum Gasteiger partial charge on any atom is 0.275 e. The number of carbonyl (C=O) groups excluding carboxylic acids is 1. The van der Waals surface area contributed by atoms with E-state index in [0.717, 1.165) is 32.1 Å². The normalized spacial score (nSPS) is 20.7. The van der Waals surface area contributed by atoms with Crippen molar-refractivity contribution in [2.24, 2.45) is 5.92 Å². The zero-order valence-electron chi connectivity index (χ0n) is 13.8. The van der Waals surface area contributed by atoms with Gasteiger partial charge < -0.3 is 15.1 Å². The Morgan fingerprint density at radius 3 is 2.64 bits per heavy atom. The number of rotatable bonds is 5. The highest BCUT2D eigenvalue weighted by Crippen LogP contribution is 2.32. The van der Waals surface area contributed by atoms with Crippen LogP contribution >= 0.6 is 0 Å². The van der Waals surface area contributed by atoms with Crippen LogP contribution in [0.5, 0.6) is 0 Å². The second-order valence-electron chi connectivity index (χ2n) is 6.89. The van der Waals surface area contributed by atoms with Gasteiger partial charge in [-0.1, -0.05) is 18.2 Å². The molecule has 1 aliphatic carbocycles. The first-order valence-corrected chi connectivity index (χ1v) is 8.57. The number of aryl methyl sites for hydroxylation is 1. The van der Waals surface area contributed by atoms with Crippen molar-refractivity contribution in [1.82, 2.24) is 5.32 Å². The number of amides is 1.